The van der Waals surface area contributed by atoms with E-state index in [2.05, 4.69) is 15.2 Å². The van der Waals surface area contributed by atoms with Gasteiger partial charge in [-0.05, 0) is 37.5 Å². The summed E-state index contributed by atoms with van der Waals surface area (Å²) in [4.78, 5) is 17.0. The zero-order valence-corrected chi connectivity index (χ0v) is 12.5. The quantitative estimate of drug-likeness (QED) is 0.673. The van der Waals surface area contributed by atoms with Crippen molar-refractivity contribution < 1.29 is 22.4 Å². The van der Waals surface area contributed by atoms with Crippen molar-refractivity contribution in [3.8, 4) is 0 Å². The number of nitrogens with zero attached hydrogens (tertiary/aromatic N) is 3. The predicted molar refractivity (Wildman–Crippen MR) is 75.4 cm³/mol. The molecule has 0 bridgehead atoms. The lowest BCUT2D eigenvalue weighted by Gasteiger charge is -2.35. The second-order valence-electron chi connectivity index (χ2n) is 5.55. The molecular weight excluding hydrogens is 328 g/mol. The number of halogens is 4. The highest BCUT2D eigenvalue weighted by molar-refractivity contribution is 5.94. The number of rotatable bonds is 2. The summed E-state index contributed by atoms with van der Waals surface area (Å²) < 4.78 is 51.7. The molecule has 24 heavy (non-hydrogen) atoms. The average molecular weight is 342 g/mol. The van der Waals surface area contributed by atoms with Crippen molar-refractivity contribution >= 4 is 5.91 Å². The molecular formula is C15H14F4N4O. The molecule has 2 aromatic rings. The van der Waals surface area contributed by atoms with Crippen LogP contribution in [0.1, 0.15) is 47.1 Å². The zero-order chi connectivity index (χ0) is 17.3. The molecule has 0 radical (unpaired) electrons. The highest BCUT2D eigenvalue weighted by Gasteiger charge is 2.35. The SMILES string of the molecule is O=C(c1ccc(C(F)(F)F)nc1F)N1CCCCC1c1ccn[nH]1. The molecule has 1 aliphatic rings. The monoisotopic (exact) mass is 342 g/mol. The fourth-order valence-electron chi connectivity index (χ4n) is 2.86. The number of aromatic nitrogens is 3. The lowest BCUT2D eigenvalue weighted by atomic mass is 9.98. The Kier molecular flexibility index (Phi) is 4.25. The molecule has 5 nitrogen and oxygen atoms in total. The molecule has 1 fully saturated rings. The zero-order valence-electron chi connectivity index (χ0n) is 12.5. The van der Waals surface area contributed by atoms with Crippen LogP contribution in [0.25, 0.3) is 0 Å². The van der Waals surface area contributed by atoms with Crippen LogP contribution in [0.15, 0.2) is 24.4 Å². The number of amides is 1. The molecule has 2 aromatic heterocycles. The smallest absolute Gasteiger partial charge is 0.330 e. The number of aromatic amines is 1. The van der Waals surface area contributed by atoms with E-state index in [-0.39, 0.29) is 6.04 Å². The van der Waals surface area contributed by atoms with Crippen molar-refractivity contribution in [2.45, 2.75) is 31.5 Å². The minimum Gasteiger partial charge on any atom is -0.330 e. The Balaban J connectivity index is 1.90. The van der Waals surface area contributed by atoms with Crippen molar-refractivity contribution in [1.29, 1.82) is 0 Å². The van der Waals surface area contributed by atoms with E-state index < -0.39 is 29.3 Å². The normalized spacial score (nSPS) is 18.7. The van der Waals surface area contributed by atoms with Gasteiger partial charge in [-0.25, -0.2) is 4.98 Å². The molecule has 1 amide bonds. The fraction of sp³-hybridized carbons (Fsp3) is 0.400. The molecule has 1 saturated heterocycles. The highest BCUT2D eigenvalue weighted by atomic mass is 19.4. The van der Waals surface area contributed by atoms with Gasteiger partial charge in [0, 0.05) is 12.7 Å². The third-order valence-electron chi connectivity index (χ3n) is 4.01. The number of carbonyl (C=O) groups excluding carboxylic acids is 1. The number of likely N-dealkylation sites (tertiary alicyclic amines) is 1. The maximum atomic E-state index is 14.0. The van der Waals surface area contributed by atoms with Crippen molar-refractivity contribution in [3.63, 3.8) is 0 Å². The average Bonchev–Trinajstić information content (AvgIpc) is 3.07. The van der Waals surface area contributed by atoms with E-state index in [1.54, 1.807) is 12.3 Å². The third-order valence-corrected chi connectivity index (χ3v) is 4.01. The number of alkyl halides is 3. The number of pyridine rings is 1. The Morgan fingerprint density at radius 3 is 2.67 bits per heavy atom. The van der Waals surface area contributed by atoms with Gasteiger partial charge in [0.25, 0.3) is 5.91 Å². The number of carbonyl (C=O) groups is 1. The van der Waals surface area contributed by atoms with E-state index in [9.17, 15) is 22.4 Å². The van der Waals surface area contributed by atoms with E-state index in [0.717, 1.165) is 18.9 Å². The van der Waals surface area contributed by atoms with E-state index in [4.69, 9.17) is 0 Å². The number of H-pyrrole nitrogens is 1. The fourth-order valence-corrected chi connectivity index (χ4v) is 2.86. The Hall–Kier alpha value is -2.45. The van der Waals surface area contributed by atoms with E-state index in [0.29, 0.717) is 24.7 Å². The van der Waals surface area contributed by atoms with Gasteiger partial charge in [0.2, 0.25) is 5.95 Å². The van der Waals surface area contributed by atoms with Gasteiger partial charge in [-0.1, -0.05) is 0 Å². The lowest BCUT2D eigenvalue weighted by Crippen LogP contribution is -2.39. The van der Waals surface area contributed by atoms with Crippen LogP contribution in [0.3, 0.4) is 0 Å². The van der Waals surface area contributed by atoms with Crippen LogP contribution in [0.4, 0.5) is 17.6 Å². The summed E-state index contributed by atoms with van der Waals surface area (Å²) in [6.45, 7) is 0.392. The minimum absolute atomic E-state index is 0.310. The molecule has 3 heterocycles. The van der Waals surface area contributed by atoms with Gasteiger partial charge in [-0.15, -0.1) is 0 Å². The molecule has 1 unspecified atom stereocenters. The maximum absolute atomic E-state index is 14.0. The largest absolute Gasteiger partial charge is 0.433 e. The first-order valence-electron chi connectivity index (χ1n) is 7.42. The first kappa shape index (κ1) is 16.4. The van der Waals surface area contributed by atoms with E-state index in [1.807, 2.05) is 0 Å². The van der Waals surface area contributed by atoms with Crippen molar-refractivity contribution in [2.24, 2.45) is 0 Å². The lowest BCUT2D eigenvalue weighted by molar-refractivity contribution is -0.141. The van der Waals surface area contributed by atoms with E-state index in [1.165, 1.54) is 4.90 Å². The van der Waals surface area contributed by atoms with Crippen LogP contribution in [-0.4, -0.2) is 32.5 Å². The van der Waals surface area contributed by atoms with Crippen LogP contribution in [0.2, 0.25) is 0 Å². The Labute approximate surface area is 134 Å². The first-order chi connectivity index (χ1) is 11.4. The predicted octanol–water partition coefficient (Wildman–Crippen LogP) is 3.33. The van der Waals surface area contributed by atoms with Gasteiger partial charge < -0.3 is 4.90 Å². The van der Waals surface area contributed by atoms with Gasteiger partial charge in [0.05, 0.1) is 17.3 Å². The third kappa shape index (κ3) is 3.10. The number of nitrogens with one attached hydrogen (secondary N) is 1. The van der Waals surface area contributed by atoms with Crippen molar-refractivity contribution in [1.82, 2.24) is 20.1 Å². The molecule has 0 spiro atoms. The molecule has 0 saturated carbocycles. The Bertz CT molecular complexity index is 730. The van der Waals surface area contributed by atoms with Gasteiger partial charge in [-0.2, -0.15) is 22.7 Å². The molecule has 1 atom stereocenters. The summed E-state index contributed by atoms with van der Waals surface area (Å²) >= 11 is 0. The summed E-state index contributed by atoms with van der Waals surface area (Å²) in [7, 11) is 0. The van der Waals surface area contributed by atoms with Crippen LogP contribution in [0, 0.1) is 5.95 Å². The first-order valence-corrected chi connectivity index (χ1v) is 7.42. The summed E-state index contributed by atoms with van der Waals surface area (Å²) in [5, 5.41) is 6.63. The molecule has 9 heteroatoms. The van der Waals surface area contributed by atoms with E-state index >= 15 is 0 Å². The van der Waals surface area contributed by atoms with Gasteiger partial charge in [-0.3, -0.25) is 9.89 Å². The molecule has 1 aliphatic heterocycles. The summed E-state index contributed by atoms with van der Waals surface area (Å²) in [5.41, 5.74) is -1.11. The summed E-state index contributed by atoms with van der Waals surface area (Å²) in [6, 6.07) is 2.87. The molecule has 1 N–H and O–H groups in total. The van der Waals surface area contributed by atoms with Gasteiger partial charge in [0.15, 0.2) is 0 Å². The Morgan fingerprint density at radius 1 is 1.25 bits per heavy atom. The van der Waals surface area contributed by atoms with Crippen LogP contribution >= 0.6 is 0 Å². The van der Waals surface area contributed by atoms with Crippen LogP contribution < -0.4 is 0 Å². The number of hydrogen-bond acceptors (Lipinski definition) is 3. The Morgan fingerprint density at radius 2 is 2.04 bits per heavy atom. The van der Waals surface area contributed by atoms with Crippen LogP contribution in [-0.2, 0) is 6.18 Å². The van der Waals surface area contributed by atoms with Gasteiger partial charge >= 0.3 is 6.18 Å². The topological polar surface area (TPSA) is 61.9 Å². The molecule has 3 rings (SSSR count). The minimum atomic E-state index is -4.76. The second kappa shape index (κ2) is 6.21. The number of piperidine rings is 1. The highest BCUT2D eigenvalue weighted by Crippen LogP contribution is 2.32. The molecule has 0 aromatic carbocycles. The summed E-state index contributed by atoms with van der Waals surface area (Å²) in [6.07, 6.45) is -0.907. The van der Waals surface area contributed by atoms with Crippen molar-refractivity contribution in [3.05, 3.63) is 47.3 Å². The second-order valence-corrected chi connectivity index (χ2v) is 5.55. The van der Waals surface area contributed by atoms with Crippen LogP contribution in [0.5, 0.6) is 0 Å². The van der Waals surface area contributed by atoms with Crippen molar-refractivity contribution in [2.75, 3.05) is 6.54 Å². The maximum Gasteiger partial charge on any atom is 0.433 e. The molecule has 128 valence electrons. The number of hydrogen-bond donors (Lipinski definition) is 1. The molecule has 0 aliphatic carbocycles. The van der Waals surface area contributed by atoms with Gasteiger partial charge in [0.1, 0.15) is 5.69 Å². The summed E-state index contributed by atoms with van der Waals surface area (Å²) in [5.74, 6) is -2.09. The standard InChI is InChI=1S/C15H14F4N4O/c16-13-9(4-5-12(21-13)15(17,18)19)14(24)23-8-2-1-3-11(23)10-6-7-20-22-10/h4-7,11H,1-3,8H2,(H,20,22).